The van der Waals surface area contributed by atoms with Gasteiger partial charge in [0.2, 0.25) is 0 Å². The fourth-order valence-corrected chi connectivity index (χ4v) is 2.84. The summed E-state index contributed by atoms with van der Waals surface area (Å²) in [6.45, 7) is 9.12. The molecule has 7 heteroatoms. The fraction of sp³-hybridized carbons (Fsp3) is 0.389. The van der Waals surface area contributed by atoms with Crippen LogP contribution in [0.1, 0.15) is 25.1 Å². The quantitative estimate of drug-likeness (QED) is 0.713. The average Bonchev–Trinajstić information content (AvgIpc) is 3.08. The Morgan fingerprint density at radius 2 is 2.00 bits per heavy atom. The fourth-order valence-electron chi connectivity index (χ4n) is 2.84. The van der Waals surface area contributed by atoms with E-state index in [-0.39, 0.29) is 0 Å². The van der Waals surface area contributed by atoms with Crippen LogP contribution in [0.15, 0.2) is 30.6 Å². The first-order chi connectivity index (χ1) is 12.1. The molecule has 1 N–H and O–H groups in total. The predicted molar refractivity (Wildman–Crippen MR) is 98.4 cm³/mol. The minimum absolute atomic E-state index is 0.583. The Hall–Kier alpha value is -2.67. The van der Waals surface area contributed by atoms with Gasteiger partial charge in [-0.2, -0.15) is 14.6 Å². The summed E-state index contributed by atoms with van der Waals surface area (Å²) >= 11 is 0. The Bertz CT molecular complexity index is 856. The van der Waals surface area contributed by atoms with Gasteiger partial charge < -0.3 is 10.1 Å². The summed E-state index contributed by atoms with van der Waals surface area (Å²) < 4.78 is 7.22. The summed E-state index contributed by atoms with van der Waals surface area (Å²) in [5, 5.41) is 7.66. The molecule has 0 radical (unpaired) electrons. The molecule has 0 atom stereocenters. The molecule has 3 rings (SSSR count). The van der Waals surface area contributed by atoms with E-state index in [1.807, 2.05) is 25.1 Å². The third-order valence-corrected chi connectivity index (χ3v) is 4.22. The van der Waals surface area contributed by atoms with Crippen molar-refractivity contribution in [3.63, 3.8) is 0 Å². The molecule has 0 fully saturated rings. The van der Waals surface area contributed by atoms with E-state index in [9.17, 15) is 0 Å². The molecule has 3 aromatic rings. The first-order valence-corrected chi connectivity index (χ1v) is 8.48. The molecule has 0 aliphatic rings. The second-order valence-corrected chi connectivity index (χ2v) is 5.87. The van der Waals surface area contributed by atoms with E-state index in [0.29, 0.717) is 5.78 Å². The van der Waals surface area contributed by atoms with Crippen molar-refractivity contribution in [2.24, 2.45) is 0 Å². The van der Waals surface area contributed by atoms with Crippen LogP contribution >= 0.6 is 0 Å². The number of ether oxygens (including phenoxy) is 1. The number of aromatic nitrogens is 4. The number of hydrogen-bond acceptors (Lipinski definition) is 6. The number of hydrogen-bond donors (Lipinski definition) is 1. The first-order valence-electron chi connectivity index (χ1n) is 8.48. The van der Waals surface area contributed by atoms with Crippen molar-refractivity contribution in [1.29, 1.82) is 0 Å². The lowest BCUT2D eigenvalue weighted by Gasteiger charge is -2.20. The van der Waals surface area contributed by atoms with Gasteiger partial charge in [-0.15, -0.1) is 0 Å². The van der Waals surface area contributed by atoms with Gasteiger partial charge in [0.05, 0.1) is 7.11 Å². The Morgan fingerprint density at radius 3 is 2.72 bits per heavy atom. The zero-order valence-corrected chi connectivity index (χ0v) is 15.2. The van der Waals surface area contributed by atoms with Crippen molar-refractivity contribution in [1.82, 2.24) is 24.5 Å². The highest BCUT2D eigenvalue weighted by Crippen LogP contribution is 2.26. The van der Waals surface area contributed by atoms with Gasteiger partial charge in [-0.1, -0.05) is 13.8 Å². The molecule has 7 nitrogen and oxygen atoms in total. The summed E-state index contributed by atoms with van der Waals surface area (Å²) in [5.41, 5.74) is 3.02. The van der Waals surface area contributed by atoms with Crippen molar-refractivity contribution in [2.75, 3.05) is 25.5 Å². The number of aryl methyl sites for hydroxylation is 1. The SMILES string of the molecule is CCN(CC)Cc1cc(Nc2cc(C)nc3ncnn23)ccc1OC. The van der Waals surface area contributed by atoms with Gasteiger partial charge in [-0.3, -0.25) is 4.90 Å². The van der Waals surface area contributed by atoms with Gasteiger partial charge in [0, 0.05) is 29.6 Å². The zero-order valence-electron chi connectivity index (χ0n) is 15.2. The molecule has 0 bridgehead atoms. The van der Waals surface area contributed by atoms with E-state index in [0.717, 1.165) is 48.1 Å². The van der Waals surface area contributed by atoms with Crippen LogP contribution in [0.3, 0.4) is 0 Å². The van der Waals surface area contributed by atoms with Gasteiger partial charge in [0.15, 0.2) is 0 Å². The monoisotopic (exact) mass is 340 g/mol. The van der Waals surface area contributed by atoms with E-state index < -0.39 is 0 Å². The summed E-state index contributed by atoms with van der Waals surface area (Å²) in [4.78, 5) is 10.9. The Morgan fingerprint density at radius 1 is 1.20 bits per heavy atom. The highest BCUT2D eigenvalue weighted by atomic mass is 16.5. The maximum absolute atomic E-state index is 5.53. The molecule has 0 saturated carbocycles. The second kappa shape index (κ2) is 7.48. The molecule has 0 aliphatic heterocycles. The van der Waals surface area contributed by atoms with Crippen LogP contribution in [0, 0.1) is 6.92 Å². The number of nitrogens with one attached hydrogen (secondary N) is 1. The minimum atomic E-state index is 0.583. The molecule has 0 aliphatic carbocycles. The number of benzene rings is 1. The van der Waals surface area contributed by atoms with Gasteiger partial charge in [0.1, 0.15) is 17.9 Å². The normalized spacial score (nSPS) is 11.2. The van der Waals surface area contributed by atoms with Crippen molar-refractivity contribution in [3.05, 3.63) is 41.9 Å². The van der Waals surface area contributed by atoms with E-state index in [2.05, 4.69) is 45.2 Å². The number of rotatable bonds is 7. The standard InChI is InChI=1S/C18H24N6O/c1-5-23(6-2)11-14-10-15(7-8-16(14)25-4)22-17-9-13(3)21-18-19-12-20-24(17)18/h7-10,12,22H,5-6,11H2,1-4H3. The topological polar surface area (TPSA) is 67.6 Å². The smallest absolute Gasteiger partial charge is 0.254 e. The molecule has 0 spiro atoms. The largest absolute Gasteiger partial charge is 0.496 e. The summed E-state index contributed by atoms with van der Waals surface area (Å²) in [7, 11) is 1.71. The Balaban J connectivity index is 1.93. The van der Waals surface area contributed by atoms with Gasteiger partial charge >= 0.3 is 0 Å². The van der Waals surface area contributed by atoms with Gasteiger partial charge in [-0.25, -0.2) is 4.98 Å². The van der Waals surface area contributed by atoms with Crippen LogP contribution in [0.25, 0.3) is 5.78 Å². The lowest BCUT2D eigenvalue weighted by molar-refractivity contribution is 0.289. The van der Waals surface area contributed by atoms with Crippen molar-refractivity contribution in [2.45, 2.75) is 27.3 Å². The molecular formula is C18H24N6O. The number of methoxy groups -OCH3 is 1. The number of anilines is 2. The van der Waals surface area contributed by atoms with E-state index >= 15 is 0 Å². The van der Waals surface area contributed by atoms with Gasteiger partial charge in [-0.05, 0) is 38.2 Å². The summed E-state index contributed by atoms with van der Waals surface area (Å²) in [6, 6.07) is 8.07. The van der Waals surface area contributed by atoms with E-state index in [4.69, 9.17) is 4.74 Å². The average molecular weight is 340 g/mol. The van der Waals surface area contributed by atoms with Crippen molar-refractivity contribution < 1.29 is 4.74 Å². The molecule has 0 unspecified atom stereocenters. The summed E-state index contributed by atoms with van der Waals surface area (Å²) in [5.74, 6) is 2.31. The molecule has 2 aromatic heterocycles. The number of nitrogens with zero attached hydrogens (tertiary/aromatic N) is 5. The Labute approximate surface area is 147 Å². The third kappa shape index (κ3) is 3.71. The molecular weight excluding hydrogens is 316 g/mol. The maximum Gasteiger partial charge on any atom is 0.254 e. The highest BCUT2D eigenvalue weighted by Gasteiger charge is 2.10. The molecule has 132 valence electrons. The van der Waals surface area contributed by atoms with Crippen LogP contribution < -0.4 is 10.1 Å². The Kier molecular flexibility index (Phi) is 5.14. The lowest BCUT2D eigenvalue weighted by atomic mass is 10.1. The zero-order chi connectivity index (χ0) is 17.8. The van der Waals surface area contributed by atoms with E-state index in [1.54, 1.807) is 11.6 Å². The first kappa shape index (κ1) is 17.2. The maximum atomic E-state index is 5.53. The molecule has 0 amide bonds. The van der Waals surface area contributed by atoms with E-state index in [1.165, 1.54) is 6.33 Å². The number of fused-ring (bicyclic) bond motifs is 1. The lowest BCUT2D eigenvalue weighted by Crippen LogP contribution is -2.22. The van der Waals surface area contributed by atoms with Crippen LogP contribution in [-0.4, -0.2) is 44.7 Å². The van der Waals surface area contributed by atoms with Crippen molar-refractivity contribution in [3.8, 4) is 5.75 Å². The van der Waals surface area contributed by atoms with Crippen LogP contribution in [0.5, 0.6) is 5.75 Å². The third-order valence-electron chi connectivity index (χ3n) is 4.22. The molecule has 2 heterocycles. The summed E-state index contributed by atoms with van der Waals surface area (Å²) in [6.07, 6.45) is 1.51. The molecule has 0 saturated heterocycles. The minimum Gasteiger partial charge on any atom is -0.496 e. The highest BCUT2D eigenvalue weighted by molar-refractivity contribution is 5.61. The van der Waals surface area contributed by atoms with Crippen molar-refractivity contribution >= 4 is 17.3 Å². The van der Waals surface area contributed by atoms with Crippen LogP contribution in [0.2, 0.25) is 0 Å². The van der Waals surface area contributed by atoms with Crippen LogP contribution in [0.4, 0.5) is 11.5 Å². The van der Waals surface area contributed by atoms with Gasteiger partial charge in [0.25, 0.3) is 5.78 Å². The predicted octanol–water partition coefficient (Wildman–Crippen LogP) is 3.03. The molecule has 25 heavy (non-hydrogen) atoms. The van der Waals surface area contributed by atoms with Crippen LogP contribution in [-0.2, 0) is 6.54 Å². The molecule has 1 aromatic carbocycles. The second-order valence-electron chi connectivity index (χ2n) is 5.87.